The van der Waals surface area contributed by atoms with Gasteiger partial charge in [0.15, 0.2) is 0 Å². The summed E-state index contributed by atoms with van der Waals surface area (Å²) in [7, 11) is 1.64. The van der Waals surface area contributed by atoms with Gasteiger partial charge >= 0.3 is 0 Å². The van der Waals surface area contributed by atoms with E-state index in [-0.39, 0.29) is 11.5 Å². The Kier molecular flexibility index (Phi) is 6.23. The Morgan fingerprint density at radius 2 is 1.94 bits per heavy atom. The first-order chi connectivity index (χ1) is 14.8. The third kappa shape index (κ3) is 4.07. The zero-order valence-corrected chi connectivity index (χ0v) is 18.0. The average molecular weight is 421 g/mol. The van der Waals surface area contributed by atoms with E-state index in [4.69, 9.17) is 10.5 Å². The Morgan fingerprint density at radius 1 is 1.26 bits per heavy atom. The van der Waals surface area contributed by atoms with Crippen molar-refractivity contribution in [3.63, 3.8) is 0 Å². The first kappa shape index (κ1) is 22.2. The van der Waals surface area contributed by atoms with Crippen molar-refractivity contribution >= 4 is 17.1 Å². The van der Waals surface area contributed by atoms with Crippen LogP contribution in [0.1, 0.15) is 37.0 Å². The zero-order valence-electron chi connectivity index (χ0n) is 18.0. The van der Waals surface area contributed by atoms with Gasteiger partial charge in [-0.15, -0.1) is 12.8 Å². The maximum Gasteiger partial charge on any atom is 0.252 e. The van der Waals surface area contributed by atoms with Crippen LogP contribution in [0.4, 0.5) is 5.69 Å². The Balaban J connectivity index is 0.00000132. The van der Waals surface area contributed by atoms with Crippen LogP contribution >= 0.6 is 0 Å². The largest absolute Gasteiger partial charge is 0.497 e. The fourth-order valence-corrected chi connectivity index (χ4v) is 4.07. The molecule has 1 saturated carbocycles. The lowest BCUT2D eigenvalue weighted by molar-refractivity contribution is 0.0748. The van der Waals surface area contributed by atoms with Crippen LogP contribution in [0.3, 0.4) is 0 Å². The van der Waals surface area contributed by atoms with Crippen molar-refractivity contribution in [1.82, 2.24) is 9.61 Å². The van der Waals surface area contributed by atoms with E-state index in [2.05, 4.69) is 23.3 Å². The van der Waals surface area contributed by atoms with Gasteiger partial charge in [0.1, 0.15) is 5.75 Å². The van der Waals surface area contributed by atoms with Gasteiger partial charge in [-0.05, 0) is 36.6 Å². The zero-order chi connectivity index (χ0) is 22.8. The summed E-state index contributed by atoms with van der Waals surface area (Å²) in [6, 6.07) is 9.77. The minimum atomic E-state index is -0.536. The molecule has 1 aliphatic rings. The molecule has 1 aromatic carbocycles. The number of methoxy groups -OCH3 is 1. The molecule has 7 heteroatoms. The number of fused-ring (bicyclic) bond motifs is 1. The number of amides is 1. The van der Waals surface area contributed by atoms with Crippen LogP contribution in [0.2, 0.25) is 0 Å². The number of nitrogens with zero attached hydrogens (tertiary/aromatic N) is 2. The first-order valence-electron chi connectivity index (χ1n) is 10.0. The number of hydrogen-bond acceptors (Lipinski definition) is 5. The summed E-state index contributed by atoms with van der Waals surface area (Å²) in [5, 5.41) is 18.2. The van der Waals surface area contributed by atoms with Crippen molar-refractivity contribution in [3.05, 3.63) is 48.3 Å². The molecular formula is C24H28N4O3. The summed E-state index contributed by atoms with van der Waals surface area (Å²) in [6.45, 7) is 4.07. The van der Waals surface area contributed by atoms with Gasteiger partial charge in [0.05, 0.1) is 36.2 Å². The molecule has 2 atom stereocenters. The third-order valence-corrected chi connectivity index (χ3v) is 6.13. The van der Waals surface area contributed by atoms with Gasteiger partial charge in [0.25, 0.3) is 5.91 Å². The second kappa shape index (κ2) is 8.70. The topological polar surface area (TPSA) is 102 Å². The van der Waals surface area contributed by atoms with Crippen LogP contribution in [-0.2, 0) is 0 Å². The second-order valence-corrected chi connectivity index (χ2v) is 8.20. The summed E-state index contributed by atoms with van der Waals surface area (Å²) < 4.78 is 6.97. The van der Waals surface area contributed by atoms with Crippen molar-refractivity contribution < 1.29 is 14.6 Å². The molecule has 0 unspecified atom stereocenters. The van der Waals surface area contributed by atoms with E-state index in [1.165, 1.54) is 6.20 Å². The van der Waals surface area contributed by atoms with Crippen LogP contribution < -0.4 is 15.8 Å². The molecule has 162 valence electrons. The van der Waals surface area contributed by atoms with Crippen LogP contribution in [0.15, 0.2) is 42.7 Å². The Hall–Kier alpha value is -3.50. The number of hydrogen-bond donors (Lipinski definition) is 3. The molecular weight excluding hydrogens is 392 g/mol. The standard InChI is InChI=1S/C22H26N4O3.C2H2/c1-22(2)18(8-9-19(22)27)25-20-16(21(23)28)11-24-26-12-14(10-17(20)26)13-4-6-15(29-3)7-5-13;1-2/h4-7,10-12,18-19,25,27H,8-9H2,1-3H3,(H2,23,28);1-2H/t18-,19+;/m1./s1. The minimum Gasteiger partial charge on any atom is -0.497 e. The van der Waals surface area contributed by atoms with E-state index >= 15 is 0 Å². The number of benzene rings is 1. The lowest BCUT2D eigenvalue weighted by Gasteiger charge is -2.32. The number of rotatable bonds is 5. The summed E-state index contributed by atoms with van der Waals surface area (Å²) >= 11 is 0. The molecule has 31 heavy (non-hydrogen) atoms. The van der Waals surface area contributed by atoms with Crippen LogP contribution in [0.5, 0.6) is 5.75 Å². The van der Waals surface area contributed by atoms with Crippen molar-refractivity contribution in [2.45, 2.75) is 38.8 Å². The molecule has 1 amide bonds. The van der Waals surface area contributed by atoms with E-state index < -0.39 is 12.0 Å². The van der Waals surface area contributed by atoms with E-state index in [0.717, 1.165) is 35.2 Å². The highest BCUT2D eigenvalue weighted by Gasteiger charge is 2.42. The maximum atomic E-state index is 12.1. The van der Waals surface area contributed by atoms with E-state index in [1.807, 2.05) is 50.4 Å². The van der Waals surface area contributed by atoms with Gasteiger partial charge in [0.2, 0.25) is 0 Å². The fraction of sp³-hybridized carbons (Fsp3) is 0.333. The number of aliphatic hydroxyl groups excluding tert-OH is 1. The highest BCUT2D eigenvalue weighted by Crippen LogP contribution is 2.41. The molecule has 7 nitrogen and oxygen atoms in total. The normalized spacial score (nSPS) is 19.4. The average Bonchev–Trinajstić information content (AvgIpc) is 3.31. The molecule has 4 N–H and O–H groups in total. The molecule has 0 bridgehead atoms. The Labute approximate surface area is 182 Å². The molecule has 0 spiro atoms. The van der Waals surface area contributed by atoms with Crippen molar-refractivity contribution in [2.75, 3.05) is 12.4 Å². The predicted octanol–water partition coefficient (Wildman–Crippen LogP) is 3.32. The number of nitrogens with one attached hydrogen (secondary N) is 1. The molecule has 3 aromatic rings. The summed E-state index contributed by atoms with van der Waals surface area (Å²) in [6.07, 6.45) is 12.6. The highest BCUT2D eigenvalue weighted by molar-refractivity contribution is 6.02. The quantitative estimate of drug-likeness (QED) is 0.550. The second-order valence-electron chi connectivity index (χ2n) is 8.20. The number of terminal acetylenes is 1. The molecule has 0 saturated heterocycles. The predicted molar refractivity (Wildman–Crippen MR) is 122 cm³/mol. The number of aromatic nitrogens is 2. The number of carbonyl (C=O) groups is 1. The molecule has 2 aromatic heterocycles. The molecule has 1 aliphatic carbocycles. The molecule has 0 aliphatic heterocycles. The summed E-state index contributed by atoms with van der Waals surface area (Å²) in [5.41, 5.74) is 9.06. The number of nitrogens with two attached hydrogens (primary N) is 1. The first-order valence-corrected chi connectivity index (χ1v) is 10.0. The van der Waals surface area contributed by atoms with Crippen LogP contribution in [0.25, 0.3) is 16.6 Å². The van der Waals surface area contributed by atoms with Gasteiger partial charge in [-0.1, -0.05) is 26.0 Å². The fourth-order valence-electron chi connectivity index (χ4n) is 4.07. The Morgan fingerprint density at radius 3 is 2.48 bits per heavy atom. The van der Waals surface area contributed by atoms with Crippen LogP contribution in [0, 0.1) is 18.3 Å². The maximum absolute atomic E-state index is 12.1. The molecule has 0 radical (unpaired) electrons. The summed E-state index contributed by atoms with van der Waals surface area (Å²) in [4.78, 5) is 12.1. The highest BCUT2D eigenvalue weighted by atomic mass is 16.5. The van der Waals surface area contributed by atoms with Crippen molar-refractivity contribution in [1.29, 1.82) is 0 Å². The summed E-state index contributed by atoms with van der Waals surface area (Å²) in [5.74, 6) is 0.252. The number of anilines is 1. The van der Waals surface area contributed by atoms with E-state index in [9.17, 15) is 9.90 Å². The van der Waals surface area contributed by atoms with Crippen LogP contribution in [-0.4, -0.2) is 39.9 Å². The van der Waals surface area contributed by atoms with Crippen molar-refractivity contribution in [3.8, 4) is 29.7 Å². The minimum absolute atomic E-state index is 0.0149. The SMILES string of the molecule is C#C.COc1ccc(-c2cc3c(N[C@@H]4CC[C@H](O)C4(C)C)c(C(N)=O)cnn3c2)cc1. The number of primary amides is 1. The lowest BCUT2D eigenvalue weighted by Crippen LogP contribution is -2.38. The van der Waals surface area contributed by atoms with Crippen molar-refractivity contribution in [2.24, 2.45) is 11.1 Å². The third-order valence-electron chi connectivity index (χ3n) is 6.13. The van der Waals surface area contributed by atoms with Gasteiger partial charge in [-0.3, -0.25) is 4.79 Å². The van der Waals surface area contributed by atoms with Gasteiger partial charge in [-0.2, -0.15) is 5.10 Å². The lowest BCUT2D eigenvalue weighted by atomic mass is 9.85. The van der Waals surface area contributed by atoms with E-state index in [0.29, 0.717) is 11.3 Å². The number of carbonyl (C=O) groups excluding carboxylic acids is 1. The van der Waals surface area contributed by atoms with Gasteiger partial charge in [0, 0.05) is 23.2 Å². The smallest absolute Gasteiger partial charge is 0.252 e. The molecule has 1 fully saturated rings. The number of ether oxygens (including phenoxy) is 1. The van der Waals surface area contributed by atoms with E-state index in [1.54, 1.807) is 11.6 Å². The van der Waals surface area contributed by atoms with Gasteiger partial charge < -0.3 is 20.9 Å². The number of aliphatic hydroxyl groups is 1. The molecule has 2 heterocycles. The Bertz CT molecular complexity index is 1100. The monoisotopic (exact) mass is 420 g/mol. The van der Waals surface area contributed by atoms with Gasteiger partial charge in [-0.25, -0.2) is 4.52 Å². The molecule has 4 rings (SSSR count).